The van der Waals surface area contributed by atoms with E-state index >= 15 is 0 Å². The molecule has 6 heteroatoms. The van der Waals surface area contributed by atoms with E-state index in [0.717, 1.165) is 24.8 Å². The van der Waals surface area contributed by atoms with Gasteiger partial charge < -0.3 is 15.8 Å². The minimum absolute atomic E-state index is 0.488. The van der Waals surface area contributed by atoms with Crippen molar-refractivity contribution in [3.8, 4) is 11.4 Å². The van der Waals surface area contributed by atoms with E-state index in [1.54, 1.807) is 6.07 Å². The van der Waals surface area contributed by atoms with Gasteiger partial charge >= 0.3 is 0 Å². The maximum absolute atomic E-state index is 10.1. The number of anilines is 2. The average Bonchev–Trinajstić information content (AvgIpc) is 2.51. The highest BCUT2D eigenvalue weighted by Crippen LogP contribution is 2.31. The number of nitrogens with one attached hydrogen (secondary N) is 2. The summed E-state index contributed by atoms with van der Waals surface area (Å²) < 4.78 is 0. The lowest BCUT2D eigenvalue weighted by Gasteiger charge is -2.36. The number of hydrazine groups is 1. The predicted octanol–water partition coefficient (Wildman–Crippen LogP) is 1.76. The van der Waals surface area contributed by atoms with Crippen LogP contribution in [0.25, 0.3) is 11.4 Å². The highest BCUT2D eigenvalue weighted by molar-refractivity contribution is 5.60. The van der Waals surface area contributed by atoms with Crippen LogP contribution in [0, 0.1) is 0 Å². The zero-order valence-electron chi connectivity index (χ0n) is 11.7. The highest BCUT2D eigenvalue weighted by atomic mass is 16.3. The standard InChI is InChI=1S/C15H19N5O/c16-20-13-9-12(17-10-15(21)7-4-8-15)18-14(19-13)11-5-2-1-3-6-11/h1-3,5-6,9,21H,4,7-8,10,16H2,(H2,17,18,19,20). The zero-order valence-corrected chi connectivity index (χ0v) is 11.7. The predicted molar refractivity (Wildman–Crippen MR) is 82.6 cm³/mol. The molecule has 0 aliphatic heterocycles. The monoisotopic (exact) mass is 285 g/mol. The number of rotatable bonds is 5. The number of nitrogens with zero attached hydrogens (tertiary/aromatic N) is 2. The first-order valence-corrected chi connectivity index (χ1v) is 7.06. The van der Waals surface area contributed by atoms with Crippen molar-refractivity contribution < 1.29 is 5.11 Å². The van der Waals surface area contributed by atoms with Crippen LogP contribution in [0.3, 0.4) is 0 Å². The third-order valence-corrected chi connectivity index (χ3v) is 3.79. The van der Waals surface area contributed by atoms with Gasteiger partial charge in [-0.1, -0.05) is 30.3 Å². The van der Waals surface area contributed by atoms with Crippen LogP contribution >= 0.6 is 0 Å². The average molecular weight is 285 g/mol. The number of hydrogen-bond donors (Lipinski definition) is 4. The maximum Gasteiger partial charge on any atom is 0.163 e. The van der Waals surface area contributed by atoms with Gasteiger partial charge in [-0.15, -0.1) is 0 Å². The number of benzene rings is 1. The van der Waals surface area contributed by atoms with Crippen molar-refractivity contribution in [1.29, 1.82) is 0 Å². The van der Waals surface area contributed by atoms with Gasteiger partial charge in [-0.25, -0.2) is 15.8 Å². The zero-order chi connectivity index (χ0) is 14.7. The fourth-order valence-electron chi connectivity index (χ4n) is 2.34. The van der Waals surface area contributed by atoms with Gasteiger partial charge in [0, 0.05) is 18.2 Å². The third-order valence-electron chi connectivity index (χ3n) is 3.79. The normalized spacial score (nSPS) is 16.1. The Balaban J connectivity index is 1.83. The van der Waals surface area contributed by atoms with E-state index in [2.05, 4.69) is 20.7 Å². The van der Waals surface area contributed by atoms with E-state index in [9.17, 15) is 5.11 Å². The molecule has 2 aromatic rings. The van der Waals surface area contributed by atoms with Crippen LogP contribution in [-0.4, -0.2) is 27.2 Å². The number of aliphatic hydroxyl groups is 1. The van der Waals surface area contributed by atoms with Crippen LogP contribution in [0.4, 0.5) is 11.6 Å². The molecule has 0 radical (unpaired) electrons. The Kier molecular flexibility index (Phi) is 3.72. The van der Waals surface area contributed by atoms with Gasteiger partial charge in [0.15, 0.2) is 5.82 Å². The molecule has 0 bridgehead atoms. The van der Waals surface area contributed by atoms with Crippen molar-refractivity contribution in [1.82, 2.24) is 9.97 Å². The first-order valence-electron chi connectivity index (χ1n) is 7.06. The molecule has 0 amide bonds. The first kappa shape index (κ1) is 13.8. The lowest BCUT2D eigenvalue weighted by atomic mass is 9.80. The number of aromatic nitrogens is 2. The van der Waals surface area contributed by atoms with Crippen LogP contribution in [0.2, 0.25) is 0 Å². The number of nitrogen functional groups attached to an aromatic ring is 1. The van der Waals surface area contributed by atoms with Crippen LogP contribution in [0.15, 0.2) is 36.4 Å². The first-order chi connectivity index (χ1) is 10.2. The van der Waals surface area contributed by atoms with Gasteiger partial charge in [0.1, 0.15) is 11.6 Å². The Bertz CT molecular complexity index is 613. The summed E-state index contributed by atoms with van der Waals surface area (Å²) in [5.74, 6) is 7.24. The minimum atomic E-state index is -0.603. The molecule has 0 spiro atoms. The summed E-state index contributed by atoms with van der Waals surface area (Å²) in [6, 6.07) is 11.4. The van der Waals surface area contributed by atoms with Gasteiger partial charge in [0.25, 0.3) is 0 Å². The van der Waals surface area contributed by atoms with Gasteiger partial charge in [-0.3, -0.25) is 0 Å². The molecule has 1 aromatic heterocycles. The van der Waals surface area contributed by atoms with E-state index in [1.165, 1.54) is 0 Å². The van der Waals surface area contributed by atoms with Crippen LogP contribution in [0.5, 0.6) is 0 Å². The Labute approximate surface area is 123 Å². The molecule has 110 valence electrons. The topological polar surface area (TPSA) is 96.1 Å². The highest BCUT2D eigenvalue weighted by Gasteiger charge is 2.34. The second-order valence-electron chi connectivity index (χ2n) is 5.40. The Hall–Kier alpha value is -2.18. The van der Waals surface area contributed by atoms with Crippen molar-refractivity contribution in [2.24, 2.45) is 5.84 Å². The lowest BCUT2D eigenvalue weighted by Crippen LogP contribution is -2.43. The number of nitrogens with two attached hydrogens (primary N) is 1. The van der Waals surface area contributed by atoms with Gasteiger partial charge in [-0.05, 0) is 19.3 Å². The molecule has 1 aliphatic carbocycles. The molecular formula is C15H19N5O. The molecule has 6 nitrogen and oxygen atoms in total. The van der Waals surface area contributed by atoms with E-state index < -0.39 is 5.60 Å². The van der Waals surface area contributed by atoms with Crippen molar-refractivity contribution in [2.45, 2.75) is 24.9 Å². The molecule has 1 aliphatic rings. The van der Waals surface area contributed by atoms with Crippen LogP contribution in [-0.2, 0) is 0 Å². The minimum Gasteiger partial charge on any atom is -0.388 e. The molecule has 5 N–H and O–H groups in total. The van der Waals surface area contributed by atoms with Crippen LogP contribution < -0.4 is 16.6 Å². The summed E-state index contributed by atoms with van der Waals surface area (Å²) in [7, 11) is 0. The van der Waals surface area contributed by atoms with Crippen molar-refractivity contribution in [3.05, 3.63) is 36.4 Å². The summed E-state index contributed by atoms with van der Waals surface area (Å²) in [4.78, 5) is 8.84. The summed E-state index contributed by atoms with van der Waals surface area (Å²) >= 11 is 0. The SMILES string of the molecule is NNc1cc(NCC2(O)CCC2)nc(-c2ccccc2)n1. The Morgan fingerprint density at radius 1 is 1.14 bits per heavy atom. The third kappa shape index (κ3) is 3.12. The molecular weight excluding hydrogens is 266 g/mol. The molecule has 0 saturated heterocycles. The molecule has 1 fully saturated rings. The molecule has 1 aromatic carbocycles. The summed E-state index contributed by atoms with van der Waals surface area (Å²) in [6.45, 7) is 0.488. The summed E-state index contributed by atoms with van der Waals surface area (Å²) in [5.41, 5.74) is 2.86. The molecule has 0 unspecified atom stereocenters. The van der Waals surface area contributed by atoms with Crippen molar-refractivity contribution >= 4 is 11.6 Å². The summed E-state index contributed by atoms with van der Waals surface area (Å²) in [6.07, 6.45) is 2.74. The van der Waals surface area contributed by atoms with Crippen molar-refractivity contribution in [3.63, 3.8) is 0 Å². The largest absolute Gasteiger partial charge is 0.388 e. The fourth-order valence-corrected chi connectivity index (χ4v) is 2.34. The van der Waals surface area contributed by atoms with Gasteiger partial charge in [0.05, 0.1) is 5.60 Å². The molecule has 21 heavy (non-hydrogen) atoms. The fraction of sp³-hybridized carbons (Fsp3) is 0.333. The van der Waals surface area contributed by atoms with E-state index in [1.807, 2.05) is 30.3 Å². The second kappa shape index (κ2) is 5.67. The maximum atomic E-state index is 10.1. The second-order valence-corrected chi connectivity index (χ2v) is 5.40. The smallest absolute Gasteiger partial charge is 0.163 e. The molecule has 1 saturated carbocycles. The van der Waals surface area contributed by atoms with Crippen molar-refractivity contribution in [2.75, 3.05) is 17.3 Å². The molecule has 3 rings (SSSR count). The summed E-state index contributed by atoms with van der Waals surface area (Å²) in [5, 5.41) is 13.3. The van der Waals surface area contributed by atoms with E-state index in [4.69, 9.17) is 5.84 Å². The van der Waals surface area contributed by atoms with Gasteiger partial charge in [-0.2, -0.15) is 0 Å². The Morgan fingerprint density at radius 3 is 2.48 bits per heavy atom. The van der Waals surface area contributed by atoms with Crippen LogP contribution in [0.1, 0.15) is 19.3 Å². The molecule has 1 heterocycles. The quantitative estimate of drug-likeness (QED) is 0.494. The number of hydrogen-bond acceptors (Lipinski definition) is 6. The van der Waals surface area contributed by atoms with E-state index in [-0.39, 0.29) is 0 Å². The lowest BCUT2D eigenvalue weighted by molar-refractivity contribution is -0.0202. The molecule has 0 atom stereocenters. The Morgan fingerprint density at radius 2 is 1.86 bits per heavy atom. The van der Waals surface area contributed by atoms with Gasteiger partial charge in [0.2, 0.25) is 0 Å². The van der Waals surface area contributed by atoms with E-state index in [0.29, 0.717) is 24.0 Å².